The Labute approximate surface area is 226 Å². The van der Waals surface area contributed by atoms with Gasteiger partial charge in [0.15, 0.2) is 17.4 Å². The normalized spacial score (nSPS) is 30.1. The first-order valence-corrected chi connectivity index (χ1v) is 14.6. The number of fused-ring (bicyclic) bond motifs is 2. The molecule has 0 aromatic carbocycles. The number of halogens is 1. The first-order chi connectivity index (χ1) is 17.8. The van der Waals surface area contributed by atoms with Crippen LogP contribution in [-0.2, 0) is 27.9 Å². The second-order valence-electron chi connectivity index (χ2n) is 10.4. The van der Waals surface area contributed by atoms with Crippen LogP contribution in [0, 0.1) is 11.8 Å². The first kappa shape index (κ1) is 29.0. The maximum atomic E-state index is 13.7. The molecule has 2 aliphatic rings. The number of ether oxygens (including phenoxy) is 3. The summed E-state index contributed by atoms with van der Waals surface area (Å²) in [4.78, 5) is 23.6. The monoisotopic (exact) mass is 574 g/mol. The first-order valence-electron chi connectivity index (χ1n) is 12.7. The van der Waals surface area contributed by atoms with Gasteiger partial charge in [0.05, 0.1) is 31.5 Å². The standard InChI is InChI=1S/C23H36ClN6O7P/c1-7-33-19-16-18(27-22(25)28-19)30(11-26-16)21-23(6,24)17-15(36-21)10-35-38(32,37-17)29-14(8-12(2)3)9-34-20(31)13(4)5/h11-15,17,21H,7-10H2,1-6H3,(H,29,32)(H2,25,27,28)/t14-,15+,17+,21+,23+,38?/m0/s1. The van der Waals surface area contributed by atoms with Gasteiger partial charge < -0.3 is 19.9 Å². The summed E-state index contributed by atoms with van der Waals surface area (Å²) in [5, 5.41) is 2.96. The molecule has 2 saturated heterocycles. The van der Waals surface area contributed by atoms with Crippen LogP contribution in [0.4, 0.5) is 5.95 Å². The van der Waals surface area contributed by atoms with Crippen LogP contribution >= 0.6 is 19.3 Å². The van der Waals surface area contributed by atoms with Crippen molar-refractivity contribution in [1.29, 1.82) is 0 Å². The van der Waals surface area contributed by atoms with Gasteiger partial charge in [-0.3, -0.25) is 18.4 Å². The van der Waals surface area contributed by atoms with Crippen molar-refractivity contribution >= 4 is 42.4 Å². The fourth-order valence-corrected chi connectivity index (χ4v) is 6.77. The van der Waals surface area contributed by atoms with E-state index in [0.29, 0.717) is 24.2 Å². The van der Waals surface area contributed by atoms with Gasteiger partial charge in [0.2, 0.25) is 11.8 Å². The lowest BCUT2D eigenvalue weighted by atomic mass is 10.0. The number of carbonyl (C=O) groups is 1. The summed E-state index contributed by atoms with van der Waals surface area (Å²) >= 11 is 7.05. The number of nitrogen functional groups attached to an aromatic ring is 1. The third-order valence-electron chi connectivity index (χ3n) is 6.28. The third kappa shape index (κ3) is 5.93. The van der Waals surface area contributed by atoms with Crippen molar-refractivity contribution in [3.8, 4) is 5.88 Å². The topological polar surface area (TPSA) is 162 Å². The van der Waals surface area contributed by atoms with Crippen LogP contribution in [0.5, 0.6) is 5.88 Å². The van der Waals surface area contributed by atoms with Crippen molar-refractivity contribution in [3.05, 3.63) is 6.33 Å². The number of hydrogen-bond acceptors (Lipinski definition) is 11. The van der Waals surface area contributed by atoms with Gasteiger partial charge in [-0.15, -0.1) is 11.6 Å². The number of nitrogens with two attached hydrogens (primary N) is 1. The average Bonchev–Trinajstić information content (AvgIpc) is 3.34. The molecule has 0 spiro atoms. The fourth-order valence-electron chi connectivity index (χ4n) is 4.54. The van der Waals surface area contributed by atoms with Gasteiger partial charge >= 0.3 is 13.7 Å². The number of rotatable bonds is 10. The summed E-state index contributed by atoms with van der Waals surface area (Å²) in [5.41, 5.74) is 6.69. The van der Waals surface area contributed by atoms with E-state index in [1.165, 1.54) is 6.33 Å². The second kappa shape index (κ2) is 11.2. The number of imidazole rings is 1. The van der Waals surface area contributed by atoms with Crippen molar-refractivity contribution < 1.29 is 32.6 Å². The highest BCUT2D eigenvalue weighted by molar-refractivity contribution is 7.51. The molecule has 3 N–H and O–H groups in total. The molecule has 4 rings (SSSR count). The predicted octanol–water partition coefficient (Wildman–Crippen LogP) is 3.43. The van der Waals surface area contributed by atoms with Gasteiger partial charge in [-0.2, -0.15) is 9.97 Å². The number of aromatic nitrogens is 4. The lowest BCUT2D eigenvalue weighted by Gasteiger charge is -2.36. The Morgan fingerprint density at radius 1 is 1.37 bits per heavy atom. The number of nitrogens with one attached hydrogen (secondary N) is 1. The molecular formula is C23H36ClN6O7P. The van der Waals surface area contributed by atoms with Crippen molar-refractivity contribution in [2.45, 2.75) is 77.3 Å². The van der Waals surface area contributed by atoms with Crippen LogP contribution in [0.15, 0.2) is 6.33 Å². The summed E-state index contributed by atoms with van der Waals surface area (Å²) in [6.45, 7) is 11.5. The molecular weight excluding hydrogens is 539 g/mol. The number of nitrogens with zero attached hydrogens (tertiary/aromatic N) is 4. The smallest absolute Gasteiger partial charge is 0.406 e. The van der Waals surface area contributed by atoms with E-state index < -0.39 is 37.1 Å². The van der Waals surface area contributed by atoms with Crippen molar-refractivity contribution in [1.82, 2.24) is 24.6 Å². The molecule has 0 aliphatic carbocycles. The van der Waals surface area contributed by atoms with E-state index in [-0.39, 0.29) is 42.8 Å². The highest BCUT2D eigenvalue weighted by atomic mass is 35.5. The lowest BCUT2D eigenvalue weighted by molar-refractivity contribution is -0.148. The number of hydrogen-bond donors (Lipinski definition) is 2. The zero-order valence-corrected chi connectivity index (χ0v) is 24.1. The maximum absolute atomic E-state index is 13.7. The number of alkyl halides is 1. The highest BCUT2D eigenvalue weighted by Crippen LogP contribution is 2.58. The molecule has 2 fully saturated rings. The maximum Gasteiger partial charge on any atom is 0.406 e. The summed E-state index contributed by atoms with van der Waals surface area (Å²) < 4.78 is 44.2. The Kier molecular flexibility index (Phi) is 8.56. The van der Waals surface area contributed by atoms with Gasteiger partial charge in [0.1, 0.15) is 23.7 Å². The number of carbonyl (C=O) groups excluding carboxylic acids is 1. The summed E-state index contributed by atoms with van der Waals surface area (Å²) in [6, 6.07) is -0.450. The van der Waals surface area contributed by atoms with Crippen molar-refractivity contribution in [3.63, 3.8) is 0 Å². The van der Waals surface area contributed by atoms with E-state index in [0.717, 1.165) is 0 Å². The summed E-state index contributed by atoms with van der Waals surface area (Å²) in [5.74, 6) is -0.116. The molecule has 0 radical (unpaired) electrons. The van der Waals surface area contributed by atoms with Gasteiger partial charge in [0.25, 0.3) is 0 Å². The number of anilines is 1. The van der Waals surface area contributed by atoms with Gasteiger partial charge in [0, 0.05) is 0 Å². The van der Waals surface area contributed by atoms with Crippen LogP contribution in [0.25, 0.3) is 11.2 Å². The molecule has 6 atom stereocenters. The summed E-state index contributed by atoms with van der Waals surface area (Å²) in [6.07, 6.45) is -0.123. The molecule has 1 unspecified atom stereocenters. The van der Waals surface area contributed by atoms with Crippen LogP contribution in [-0.4, -0.2) is 68.4 Å². The van der Waals surface area contributed by atoms with E-state index in [2.05, 4.69) is 20.0 Å². The molecule has 212 valence electrons. The number of esters is 1. The molecule has 2 aromatic rings. The molecule has 0 amide bonds. The zero-order valence-electron chi connectivity index (χ0n) is 22.4. The van der Waals surface area contributed by atoms with E-state index >= 15 is 0 Å². The van der Waals surface area contributed by atoms with Crippen molar-refractivity contribution in [2.75, 3.05) is 25.6 Å². The van der Waals surface area contributed by atoms with Gasteiger partial charge in [-0.1, -0.05) is 27.7 Å². The molecule has 38 heavy (non-hydrogen) atoms. The lowest BCUT2D eigenvalue weighted by Crippen LogP contribution is -2.47. The summed E-state index contributed by atoms with van der Waals surface area (Å²) in [7, 11) is -3.83. The zero-order chi connectivity index (χ0) is 27.8. The van der Waals surface area contributed by atoms with E-state index in [9.17, 15) is 9.36 Å². The fraction of sp³-hybridized carbons (Fsp3) is 0.739. The van der Waals surface area contributed by atoms with Gasteiger partial charge in [-0.05, 0) is 26.2 Å². The molecule has 0 bridgehead atoms. The van der Waals surface area contributed by atoms with Crippen LogP contribution in [0.2, 0.25) is 0 Å². The Bertz CT molecular complexity index is 1210. The Morgan fingerprint density at radius 2 is 2.11 bits per heavy atom. The Hall–Kier alpha value is -2.02. The highest BCUT2D eigenvalue weighted by Gasteiger charge is 2.60. The largest absolute Gasteiger partial charge is 0.476 e. The van der Waals surface area contributed by atoms with E-state index in [1.54, 1.807) is 25.3 Å². The molecule has 15 heteroatoms. The minimum Gasteiger partial charge on any atom is -0.476 e. The molecule has 2 aliphatic heterocycles. The van der Waals surface area contributed by atoms with E-state index in [4.69, 9.17) is 40.6 Å². The quantitative estimate of drug-likeness (QED) is 0.242. The van der Waals surface area contributed by atoms with Crippen molar-refractivity contribution in [2.24, 2.45) is 11.8 Å². The van der Waals surface area contributed by atoms with Crippen LogP contribution in [0.3, 0.4) is 0 Å². The molecule has 2 aromatic heterocycles. The minimum absolute atomic E-state index is 0.0111. The minimum atomic E-state index is -3.83. The third-order valence-corrected chi connectivity index (χ3v) is 8.35. The van der Waals surface area contributed by atoms with E-state index in [1.807, 2.05) is 20.8 Å². The Balaban J connectivity index is 1.55. The molecule has 4 heterocycles. The van der Waals surface area contributed by atoms with Crippen LogP contribution in [0.1, 0.15) is 54.2 Å². The Morgan fingerprint density at radius 3 is 2.76 bits per heavy atom. The van der Waals surface area contributed by atoms with Crippen LogP contribution < -0.4 is 15.6 Å². The molecule has 13 nitrogen and oxygen atoms in total. The SMILES string of the molecule is CCOc1nc(N)nc2c1ncn2[C@@H]1O[C@@H]2COP(=O)(N[C@H](COC(=O)C(C)C)CC(C)C)O[C@H]2[C@@]1(C)Cl. The van der Waals surface area contributed by atoms with Gasteiger partial charge in [-0.25, -0.2) is 14.6 Å². The average molecular weight is 575 g/mol. The molecule has 0 saturated carbocycles. The second-order valence-corrected chi connectivity index (χ2v) is 12.9. The predicted molar refractivity (Wildman–Crippen MR) is 140 cm³/mol.